The number of nitrogens with one attached hydrogen (secondary N) is 3. The monoisotopic (exact) mass is 343 g/mol. The van der Waals surface area contributed by atoms with E-state index >= 15 is 0 Å². The molecule has 0 bridgehead atoms. The van der Waals surface area contributed by atoms with Gasteiger partial charge in [0.05, 0.1) is 0 Å². The zero-order chi connectivity index (χ0) is 17.8. The fraction of sp³-hybridized carbons (Fsp3) is 0.600. The van der Waals surface area contributed by atoms with Crippen LogP contribution in [0.3, 0.4) is 0 Å². The molecule has 5 heteroatoms. The topological polar surface area (TPSA) is 70.2 Å². The van der Waals surface area contributed by atoms with Crippen molar-refractivity contribution < 1.29 is 9.59 Å². The molecule has 1 saturated carbocycles. The molecule has 0 saturated heterocycles. The summed E-state index contributed by atoms with van der Waals surface area (Å²) in [4.78, 5) is 23.3. The summed E-state index contributed by atoms with van der Waals surface area (Å²) in [5.74, 6) is 2.02. The van der Waals surface area contributed by atoms with E-state index in [1.165, 1.54) is 24.0 Å². The van der Waals surface area contributed by atoms with Crippen LogP contribution in [0.2, 0.25) is 0 Å². The molecule has 0 aliphatic heterocycles. The fourth-order valence-corrected chi connectivity index (χ4v) is 3.97. The maximum atomic E-state index is 11.9. The molecular formula is C20H29N3O2. The van der Waals surface area contributed by atoms with Gasteiger partial charge in [0.2, 0.25) is 5.91 Å². The van der Waals surface area contributed by atoms with Crippen molar-refractivity contribution in [3.8, 4) is 0 Å². The highest BCUT2D eigenvalue weighted by Gasteiger charge is 2.52. The van der Waals surface area contributed by atoms with Crippen LogP contribution >= 0.6 is 0 Å². The molecule has 1 aromatic rings. The average molecular weight is 343 g/mol. The van der Waals surface area contributed by atoms with Crippen LogP contribution in [-0.2, 0) is 11.2 Å². The number of fused-ring (bicyclic) bond motifs is 3. The zero-order valence-corrected chi connectivity index (χ0v) is 15.2. The van der Waals surface area contributed by atoms with Crippen molar-refractivity contribution >= 4 is 11.9 Å². The molecule has 3 atom stereocenters. The SMILES string of the molecule is CC(C)C(=O)NCCCNC(=O)NC[C@@H]1[C@H]2CCc3ccccc3[C@@H]21. The van der Waals surface area contributed by atoms with Crippen molar-refractivity contribution in [2.24, 2.45) is 17.8 Å². The minimum atomic E-state index is -0.105. The van der Waals surface area contributed by atoms with Gasteiger partial charge in [0.1, 0.15) is 0 Å². The highest BCUT2D eigenvalue weighted by molar-refractivity contribution is 5.77. The third-order valence-electron chi connectivity index (χ3n) is 5.45. The predicted octanol–water partition coefficient (Wildman–Crippen LogP) is 2.42. The molecular weight excluding hydrogens is 314 g/mol. The molecule has 5 nitrogen and oxygen atoms in total. The van der Waals surface area contributed by atoms with Gasteiger partial charge in [-0.1, -0.05) is 38.1 Å². The maximum absolute atomic E-state index is 11.9. The number of hydrogen-bond acceptors (Lipinski definition) is 2. The predicted molar refractivity (Wildman–Crippen MR) is 98.4 cm³/mol. The van der Waals surface area contributed by atoms with E-state index in [0.29, 0.717) is 24.9 Å². The number of urea groups is 1. The van der Waals surface area contributed by atoms with Crippen LogP contribution in [0.1, 0.15) is 43.7 Å². The van der Waals surface area contributed by atoms with E-state index in [1.807, 2.05) is 13.8 Å². The summed E-state index contributed by atoms with van der Waals surface area (Å²) in [5, 5.41) is 8.73. The molecule has 1 aromatic carbocycles. The molecule has 3 amide bonds. The lowest BCUT2D eigenvalue weighted by Gasteiger charge is -2.13. The molecule has 0 unspecified atom stereocenters. The van der Waals surface area contributed by atoms with Gasteiger partial charge in [-0.05, 0) is 48.1 Å². The number of benzene rings is 1. The van der Waals surface area contributed by atoms with Crippen molar-refractivity contribution in [2.75, 3.05) is 19.6 Å². The molecule has 0 spiro atoms. The largest absolute Gasteiger partial charge is 0.356 e. The summed E-state index contributed by atoms with van der Waals surface area (Å²) in [6.45, 7) is 5.66. The lowest BCUT2D eigenvalue weighted by molar-refractivity contribution is -0.123. The third-order valence-corrected chi connectivity index (χ3v) is 5.45. The second kappa shape index (κ2) is 7.89. The molecule has 0 heterocycles. The first-order valence-electron chi connectivity index (χ1n) is 9.45. The molecule has 136 valence electrons. The van der Waals surface area contributed by atoms with Crippen molar-refractivity contribution in [1.82, 2.24) is 16.0 Å². The van der Waals surface area contributed by atoms with E-state index in [4.69, 9.17) is 0 Å². The van der Waals surface area contributed by atoms with Crippen molar-refractivity contribution in [2.45, 2.75) is 39.0 Å². The molecule has 25 heavy (non-hydrogen) atoms. The molecule has 3 rings (SSSR count). The Bertz CT molecular complexity index is 629. The second-order valence-corrected chi connectivity index (χ2v) is 7.53. The van der Waals surface area contributed by atoms with E-state index in [-0.39, 0.29) is 17.9 Å². The summed E-state index contributed by atoms with van der Waals surface area (Å²) < 4.78 is 0. The minimum Gasteiger partial charge on any atom is -0.356 e. The minimum absolute atomic E-state index is 0.00321. The number of carbonyl (C=O) groups excluding carboxylic acids is 2. The van der Waals surface area contributed by atoms with E-state index < -0.39 is 0 Å². The van der Waals surface area contributed by atoms with Crippen molar-refractivity contribution in [3.05, 3.63) is 35.4 Å². The lowest BCUT2D eigenvalue weighted by atomic mass is 9.92. The van der Waals surface area contributed by atoms with Crippen LogP contribution in [0.15, 0.2) is 24.3 Å². The normalized spacial score (nSPS) is 23.4. The Morgan fingerprint density at radius 2 is 1.88 bits per heavy atom. The van der Waals surface area contributed by atoms with E-state index in [1.54, 1.807) is 0 Å². The van der Waals surface area contributed by atoms with Crippen LogP contribution in [0.25, 0.3) is 0 Å². The number of hydrogen-bond donors (Lipinski definition) is 3. The van der Waals surface area contributed by atoms with Gasteiger partial charge in [-0.3, -0.25) is 4.79 Å². The van der Waals surface area contributed by atoms with E-state index in [2.05, 4.69) is 40.2 Å². The molecule has 0 aromatic heterocycles. The summed E-state index contributed by atoms with van der Waals surface area (Å²) in [6.07, 6.45) is 3.15. The van der Waals surface area contributed by atoms with Crippen LogP contribution in [0.5, 0.6) is 0 Å². The number of aryl methyl sites for hydroxylation is 1. The first kappa shape index (κ1) is 17.8. The Hall–Kier alpha value is -2.04. The van der Waals surface area contributed by atoms with Gasteiger partial charge in [-0.2, -0.15) is 0 Å². The van der Waals surface area contributed by atoms with Crippen LogP contribution in [0, 0.1) is 17.8 Å². The van der Waals surface area contributed by atoms with E-state index in [9.17, 15) is 9.59 Å². The average Bonchev–Trinajstić information content (AvgIpc) is 3.33. The number of carbonyl (C=O) groups is 2. The Balaban J connectivity index is 1.31. The van der Waals surface area contributed by atoms with Gasteiger partial charge in [-0.25, -0.2) is 4.79 Å². The summed E-state index contributed by atoms with van der Waals surface area (Å²) in [7, 11) is 0. The van der Waals surface area contributed by atoms with Gasteiger partial charge in [0.15, 0.2) is 0 Å². The van der Waals surface area contributed by atoms with Gasteiger partial charge >= 0.3 is 6.03 Å². The summed E-state index contributed by atoms with van der Waals surface area (Å²) >= 11 is 0. The highest BCUT2D eigenvalue weighted by atomic mass is 16.2. The Labute approximate surface area is 150 Å². The van der Waals surface area contributed by atoms with Crippen molar-refractivity contribution in [3.63, 3.8) is 0 Å². The van der Waals surface area contributed by atoms with Crippen molar-refractivity contribution in [1.29, 1.82) is 0 Å². The molecule has 2 aliphatic carbocycles. The molecule has 1 fully saturated rings. The number of amides is 3. The van der Waals surface area contributed by atoms with Gasteiger partial charge in [0, 0.05) is 25.6 Å². The van der Waals surface area contributed by atoms with E-state index in [0.717, 1.165) is 18.9 Å². The fourth-order valence-electron chi connectivity index (χ4n) is 3.97. The summed E-state index contributed by atoms with van der Waals surface area (Å²) in [6, 6.07) is 8.62. The molecule has 3 N–H and O–H groups in total. The molecule has 0 radical (unpaired) electrons. The van der Waals surface area contributed by atoms with Gasteiger partial charge in [0.25, 0.3) is 0 Å². The van der Waals surface area contributed by atoms with Gasteiger partial charge in [-0.15, -0.1) is 0 Å². The smallest absolute Gasteiger partial charge is 0.314 e. The third kappa shape index (κ3) is 4.33. The summed E-state index contributed by atoms with van der Waals surface area (Å²) in [5.41, 5.74) is 2.98. The quantitative estimate of drug-likeness (QED) is 0.666. The highest BCUT2D eigenvalue weighted by Crippen LogP contribution is 2.59. The first-order valence-corrected chi connectivity index (χ1v) is 9.45. The number of rotatable bonds is 7. The first-order chi connectivity index (χ1) is 12.1. The standard InChI is InChI=1S/C20H29N3O2/c1-13(2)19(24)21-10-5-11-22-20(25)23-12-17-16-9-8-14-6-3-4-7-15(14)18(16)17/h3-4,6-7,13,16-18H,5,8-12H2,1-2H3,(H,21,24)(H2,22,23,25)/t16-,17-,18+/m1/s1. The Kier molecular flexibility index (Phi) is 5.61. The van der Waals surface area contributed by atoms with Crippen LogP contribution in [-0.4, -0.2) is 31.6 Å². The Morgan fingerprint density at radius 3 is 2.68 bits per heavy atom. The van der Waals surface area contributed by atoms with Crippen LogP contribution < -0.4 is 16.0 Å². The zero-order valence-electron chi connectivity index (χ0n) is 15.2. The Morgan fingerprint density at radius 1 is 1.12 bits per heavy atom. The lowest BCUT2D eigenvalue weighted by Crippen LogP contribution is -2.38. The second-order valence-electron chi connectivity index (χ2n) is 7.53. The molecule has 2 aliphatic rings. The van der Waals surface area contributed by atoms with Crippen LogP contribution in [0.4, 0.5) is 4.79 Å². The van der Waals surface area contributed by atoms with Gasteiger partial charge < -0.3 is 16.0 Å². The maximum Gasteiger partial charge on any atom is 0.314 e.